The highest BCUT2D eigenvalue weighted by atomic mass is 15.6. The first-order valence-electron chi connectivity index (χ1n) is 4.02. The van der Waals surface area contributed by atoms with E-state index in [1.807, 2.05) is 0 Å². The minimum absolute atomic E-state index is 0.0349. The Morgan fingerprint density at radius 2 is 2.08 bits per heavy atom. The zero-order valence-electron chi connectivity index (χ0n) is 7.78. The fourth-order valence-corrected chi connectivity index (χ4v) is 0.754. The summed E-state index contributed by atoms with van der Waals surface area (Å²) in [5, 5.41) is 12.0. The summed E-state index contributed by atoms with van der Waals surface area (Å²) < 4.78 is 0. The topological polar surface area (TPSA) is 69.6 Å². The summed E-state index contributed by atoms with van der Waals surface area (Å²) in [5.41, 5.74) is 5.32. The zero-order chi connectivity index (χ0) is 9.19. The molecular weight excluding hydrogens is 154 g/mol. The lowest BCUT2D eigenvalue weighted by molar-refractivity contribution is 0.509. The minimum Gasteiger partial charge on any atom is -0.329 e. The van der Waals surface area contributed by atoms with Crippen LogP contribution in [0.4, 0.5) is 0 Å². The average molecular weight is 169 g/mol. The van der Waals surface area contributed by atoms with Crippen LogP contribution in [0.25, 0.3) is 0 Å². The molecule has 0 radical (unpaired) electrons. The highest BCUT2D eigenvalue weighted by Gasteiger charge is 2.19. The number of tetrazole rings is 1. The fraction of sp³-hybridized carbons (Fsp3) is 0.857. The van der Waals surface area contributed by atoms with Gasteiger partial charge >= 0.3 is 0 Å². The average Bonchev–Trinajstić information content (AvgIpc) is 2.35. The van der Waals surface area contributed by atoms with Crippen molar-refractivity contribution < 1.29 is 0 Å². The van der Waals surface area contributed by atoms with E-state index in [0.717, 1.165) is 5.82 Å². The number of nitrogens with zero attached hydrogens (tertiary/aromatic N) is 4. The molecule has 0 atom stereocenters. The van der Waals surface area contributed by atoms with Gasteiger partial charge in [-0.05, 0) is 5.21 Å². The summed E-state index contributed by atoms with van der Waals surface area (Å²) >= 11 is 0. The second-order valence-electron chi connectivity index (χ2n) is 3.75. The predicted molar refractivity (Wildman–Crippen MR) is 45.6 cm³/mol. The lowest BCUT2D eigenvalue weighted by Crippen LogP contribution is -2.16. The monoisotopic (exact) mass is 169 g/mol. The summed E-state index contributed by atoms with van der Waals surface area (Å²) in [5.74, 6) is 0.760. The first kappa shape index (κ1) is 9.12. The predicted octanol–water partition coefficient (Wildman–Crippen LogP) is -0.0707. The van der Waals surface area contributed by atoms with Gasteiger partial charge in [0.15, 0.2) is 5.82 Å². The molecular formula is C7H15N5. The standard InChI is InChI=1S/C7H15N5/c1-7(2,3)6-9-11-12(10-6)5-4-8/h4-5,8H2,1-3H3. The van der Waals surface area contributed by atoms with Gasteiger partial charge in [0.25, 0.3) is 0 Å². The van der Waals surface area contributed by atoms with Crippen LogP contribution in [0, 0.1) is 0 Å². The zero-order valence-corrected chi connectivity index (χ0v) is 7.78. The molecule has 0 aliphatic rings. The lowest BCUT2D eigenvalue weighted by Gasteiger charge is -2.10. The van der Waals surface area contributed by atoms with Crippen LogP contribution in [0.15, 0.2) is 0 Å². The highest BCUT2D eigenvalue weighted by molar-refractivity contribution is 4.95. The van der Waals surface area contributed by atoms with Crippen LogP contribution in [-0.2, 0) is 12.0 Å². The van der Waals surface area contributed by atoms with Crippen molar-refractivity contribution in [1.82, 2.24) is 20.2 Å². The van der Waals surface area contributed by atoms with Crippen LogP contribution in [0.2, 0.25) is 0 Å². The Balaban J connectivity index is 2.77. The van der Waals surface area contributed by atoms with Gasteiger partial charge in [0.05, 0.1) is 6.54 Å². The van der Waals surface area contributed by atoms with Crippen LogP contribution in [0.3, 0.4) is 0 Å². The Labute approximate surface area is 71.9 Å². The molecule has 0 saturated heterocycles. The first-order chi connectivity index (χ1) is 5.54. The van der Waals surface area contributed by atoms with Gasteiger partial charge in [-0.1, -0.05) is 20.8 Å². The van der Waals surface area contributed by atoms with Crippen molar-refractivity contribution in [3.8, 4) is 0 Å². The smallest absolute Gasteiger partial charge is 0.180 e. The van der Waals surface area contributed by atoms with Crippen molar-refractivity contribution in [2.24, 2.45) is 5.73 Å². The van der Waals surface area contributed by atoms with Crippen molar-refractivity contribution >= 4 is 0 Å². The van der Waals surface area contributed by atoms with E-state index in [1.54, 1.807) is 0 Å². The molecule has 0 spiro atoms. The van der Waals surface area contributed by atoms with Gasteiger partial charge in [-0.2, -0.15) is 4.80 Å². The molecule has 1 heterocycles. The quantitative estimate of drug-likeness (QED) is 0.672. The van der Waals surface area contributed by atoms with Crippen molar-refractivity contribution in [1.29, 1.82) is 0 Å². The normalized spacial score (nSPS) is 12.0. The fourth-order valence-electron chi connectivity index (χ4n) is 0.754. The number of nitrogens with two attached hydrogens (primary N) is 1. The molecule has 0 bridgehead atoms. The van der Waals surface area contributed by atoms with E-state index in [-0.39, 0.29) is 5.41 Å². The molecule has 0 unspecified atom stereocenters. The van der Waals surface area contributed by atoms with Gasteiger partial charge in [0.2, 0.25) is 0 Å². The Morgan fingerprint density at radius 1 is 1.42 bits per heavy atom. The summed E-state index contributed by atoms with van der Waals surface area (Å²) in [6.07, 6.45) is 0. The first-order valence-corrected chi connectivity index (χ1v) is 4.02. The maximum atomic E-state index is 5.35. The second-order valence-corrected chi connectivity index (χ2v) is 3.75. The molecule has 12 heavy (non-hydrogen) atoms. The van der Waals surface area contributed by atoms with E-state index >= 15 is 0 Å². The Bertz CT molecular complexity index is 247. The van der Waals surface area contributed by atoms with E-state index < -0.39 is 0 Å². The van der Waals surface area contributed by atoms with Crippen molar-refractivity contribution in [3.05, 3.63) is 5.82 Å². The summed E-state index contributed by atoms with van der Waals surface area (Å²) in [7, 11) is 0. The molecule has 0 aliphatic heterocycles. The molecule has 1 rings (SSSR count). The van der Waals surface area contributed by atoms with Crippen LogP contribution in [0.5, 0.6) is 0 Å². The van der Waals surface area contributed by atoms with Gasteiger partial charge < -0.3 is 5.73 Å². The molecule has 0 aromatic carbocycles. The summed E-state index contributed by atoms with van der Waals surface area (Å²) in [6, 6.07) is 0. The minimum atomic E-state index is -0.0349. The van der Waals surface area contributed by atoms with Crippen molar-refractivity contribution in [3.63, 3.8) is 0 Å². The third-order valence-corrected chi connectivity index (χ3v) is 1.45. The molecule has 1 aromatic rings. The SMILES string of the molecule is CC(C)(C)c1nnn(CCN)n1. The van der Waals surface area contributed by atoms with Gasteiger partial charge in [-0.25, -0.2) is 0 Å². The van der Waals surface area contributed by atoms with E-state index in [0.29, 0.717) is 13.1 Å². The van der Waals surface area contributed by atoms with Crippen LogP contribution >= 0.6 is 0 Å². The molecule has 5 nitrogen and oxygen atoms in total. The molecule has 68 valence electrons. The number of rotatable bonds is 2. The Morgan fingerprint density at radius 3 is 2.50 bits per heavy atom. The van der Waals surface area contributed by atoms with Crippen LogP contribution in [-0.4, -0.2) is 26.8 Å². The van der Waals surface area contributed by atoms with Crippen molar-refractivity contribution in [2.45, 2.75) is 32.7 Å². The number of hydrogen-bond donors (Lipinski definition) is 1. The van der Waals surface area contributed by atoms with Gasteiger partial charge in [0, 0.05) is 12.0 Å². The van der Waals surface area contributed by atoms with E-state index in [4.69, 9.17) is 5.73 Å². The Hall–Kier alpha value is -0.970. The highest BCUT2D eigenvalue weighted by Crippen LogP contribution is 2.15. The lowest BCUT2D eigenvalue weighted by atomic mass is 9.96. The second kappa shape index (κ2) is 3.18. The van der Waals surface area contributed by atoms with Gasteiger partial charge in [-0.3, -0.25) is 0 Å². The maximum absolute atomic E-state index is 5.35. The van der Waals surface area contributed by atoms with E-state index in [2.05, 4.69) is 36.2 Å². The summed E-state index contributed by atoms with van der Waals surface area (Å²) in [6.45, 7) is 7.33. The largest absolute Gasteiger partial charge is 0.329 e. The third kappa shape index (κ3) is 2.01. The number of hydrogen-bond acceptors (Lipinski definition) is 4. The molecule has 0 saturated carbocycles. The Kier molecular flexibility index (Phi) is 2.42. The molecule has 0 amide bonds. The molecule has 1 aromatic heterocycles. The number of aromatic nitrogens is 4. The summed E-state index contributed by atoms with van der Waals surface area (Å²) in [4.78, 5) is 1.53. The van der Waals surface area contributed by atoms with Crippen LogP contribution < -0.4 is 5.73 Å². The molecule has 2 N–H and O–H groups in total. The van der Waals surface area contributed by atoms with Crippen molar-refractivity contribution in [2.75, 3.05) is 6.54 Å². The molecule has 0 fully saturated rings. The van der Waals surface area contributed by atoms with Crippen LogP contribution in [0.1, 0.15) is 26.6 Å². The maximum Gasteiger partial charge on any atom is 0.180 e. The van der Waals surface area contributed by atoms with Gasteiger partial charge in [-0.15, -0.1) is 10.2 Å². The van der Waals surface area contributed by atoms with E-state index in [9.17, 15) is 0 Å². The molecule has 5 heteroatoms. The molecule has 0 aliphatic carbocycles. The van der Waals surface area contributed by atoms with Gasteiger partial charge in [0.1, 0.15) is 0 Å². The van der Waals surface area contributed by atoms with E-state index in [1.165, 1.54) is 4.80 Å². The third-order valence-electron chi connectivity index (χ3n) is 1.45.